The molecule has 6 aromatic rings. The Morgan fingerprint density at radius 3 is 2.46 bits per heavy atom. The van der Waals surface area contributed by atoms with Crippen molar-refractivity contribution in [2.45, 2.75) is 18.4 Å². The van der Waals surface area contributed by atoms with Crippen molar-refractivity contribution in [3.8, 4) is 11.5 Å². The molecular formula is C31H17NO5. The van der Waals surface area contributed by atoms with Gasteiger partial charge in [0.1, 0.15) is 11.5 Å². The zero-order chi connectivity index (χ0) is 25.1. The number of phenols is 2. The van der Waals surface area contributed by atoms with E-state index in [2.05, 4.69) is 0 Å². The Labute approximate surface area is 208 Å². The maximum atomic E-state index is 13.1. The van der Waals surface area contributed by atoms with Gasteiger partial charge in [-0.3, -0.25) is 4.79 Å². The molecule has 0 heterocycles. The highest BCUT2D eigenvalue weighted by atomic mass is 16.4. The molecule has 0 radical (unpaired) electrons. The number of hydrogen-bond donors (Lipinski definition) is 4. The van der Waals surface area contributed by atoms with Gasteiger partial charge in [0, 0.05) is 32.7 Å². The lowest BCUT2D eigenvalue weighted by Gasteiger charge is -2.37. The molecular weight excluding hydrogens is 466 g/mol. The second-order valence-corrected chi connectivity index (χ2v) is 10.5. The Hall–Kier alpha value is -4.68. The highest BCUT2D eigenvalue weighted by Gasteiger charge is 2.40. The van der Waals surface area contributed by atoms with Crippen LogP contribution in [0.2, 0.25) is 0 Å². The summed E-state index contributed by atoms with van der Waals surface area (Å²) in [5.41, 5.74) is 10.8. The van der Waals surface area contributed by atoms with Crippen LogP contribution < -0.4 is 5.73 Å². The summed E-state index contributed by atoms with van der Waals surface area (Å²) in [6, 6.07) is 8.34. The molecule has 2 unspecified atom stereocenters. The summed E-state index contributed by atoms with van der Waals surface area (Å²) < 4.78 is 0. The van der Waals surface area contributed by atoms with E-state index in [9.17, 15) is 24.9 Å². The van der Waals surface area contributed by atoms with Crippen molar-refractivity contribution in [3.05, 3.63) is 70.3 Å². The molecule has 5 N–H and O–H groups in total. The number of allylic oxidation sites excluding steroid dienone is 2. The SMILES string of the molecule is NC1C=C2CC3C(=O)C=Cc4c(O)c5ccc6cc7cc(C(=O)O)cc8c(O)c1c1c2c(c43)c5c6c1c78. The lowest BCUT2D eigenvalue weighted by molar-refractivity contribution is -0.115. The minimum atomic E-state index is -1.07. The first-order valence-electron chi connectivity index (χ1n) is 12.2. The van der Waals surface area contributed by atoms with Crippen LogP contribution in [-0.4, -0.2) is 27.1 Å². The van der Waals surface area contributed by atoms with E-state index >= 15 is 0 Å². The fourth-order valence-electron chi connectivity index (χ4n) is 7.54. The average Bonchev–Trinajstić information content (AvgIpc) is 2.88. The van der Waals surface area contributed by atoms with Crippen LogP contribution in [0, 0.1) is 0 Å². The van der Waals surface area contributed by atoms with Gasteiger partial charge in [0.05, 0.1) is 17.5 Å². The third-order valence-corrected chi connectivity index (χ3v) is 8.88. The van der Waals surface area contributed by atoms with Crippen LogP contribution in [0.4, 0.5) is 0 Å². The molecule has 3 aliphatic carbocycles. The molecule has 0 spiro atoms. The number of aromatic hydroxyl groups is 2. The third kappa shape index (κ3) is 1.96. The molecule has 0 bridgehead atoms. The highest BCUT2D eigenvalue weighted by Crippen LogP contribution is 2.60. The third-order valence-electron chi connectivity index (χ3n) is 8.88. The Balaban J connectivity index is 1.70. The number of benzene rings is 6. The van der Waals surface area contributed by atoms with Crippen LogP contribution in [-0.2, 0) is 4.79 Å². The summed E-state index contributed by atoms with van der Waals surface area (Å²) in [5, 5.41) is 40.9. The first-order valence-corrected chi connectivity index (χ1v) is 12.2. The molecule has 176 valence electrons. The predicted molar refractivity (Wildman–Crippen MR) is 143 cm³/mol. The van der Waals surface area contributed by atoms with Crippen LogP contribution in [0.25, 0.3) is 65.5 Å². The van der Waals surface area contributed by atoms with E-state index in [1.165, 1.54) is 6.07 Å². The fraction of sp³-hybridized carbons (Fsp3) is 0.0968. The Bertz CT molecular complexity index is 2200. The predicted octanol–water partition coefficient (Wildman–Crippen LogP) is 5.92. The van der Waals surface area contributed by atoms with E-state index < -0.39 is 17.9 Å². The smallest absolute Gasteiger partial charge is 0.335 e. The zero-order valence-corrected chi connectivity index (χ0v) is 19.2. The maximum Gasteiger partial charge on any atom is 0.335 e. The number of carboxylic acids is 1. The number of hydrogen-bond acceptors (Lipinski definition) is 5. The fourth-order valence-corrected chi connectivity index (χ4v) is 7.54. The van der Waals surface area contributed by atoms with Gasteiger partial charge >= 0.3 is 5.97 Å². The molecule has 0 amide bonds. The summed E-state index contributed by atoms with van der Waals surface area (Å²) in [6.07, 6.45) is 5.67. The normalized spacial score (nSPS) is 19.9. The van der Waals surface area contributed by atoms with Gasteiger partial charge in [-0.25, -0.2) is 4.79 Å². The quantitative estimate of drug-likeness (QED) is 0.170. The second-order valence-electron chi connectivity index (χ2n) is 10.5. The van der Waals surface area contributed by atoms with Gasteiger partial charge in [-0.05, 0) is 91.9 Å². The molecule has 2 atom stereocenters. The van der Waals surface area contributed by atoms with Gasteiger partial charge in [0.15, 0.2) is 5.78 Å². The van der Waals surface area contributed by atoms with E-state index in [0.29, 0.717) is 28.3 Å². The van der Waals surface area contributed by atoms with E-state index in [0.717, 1.165) is 59.8 Å². The minimum absolute atomic E-state index is 0.00776. The van der Waals surface area contributed by atoms with Crippen molar-refractivity contribution in [1.82, 2.24) is 0 Å². The van der Waals surface area contributed by atoms with Crippen molar-refractivity contribution in [1.29, 1.82) is 0 Å². The van der Waals surface area contributed by atoms with Gasteiger partial charge in [0.2, 0.25) is 0 Å². The molecule has 6 nitrogen and oxygen atoms in total. The average molecular weight is 483 g/mol. The molecule has 3 aliphatic rings. The molecule has 6 aromatic carbocycles. The van der Waals surface area contributed by atoms with Crippen LogP contribution in [0.3, 0.4) is 0 Å². The van der Waals surface area contributed by atoms with E-state index in [1.54, 1.807) is 18.2 Å². The first-order chi connectivity index (χ1) is 17.8. The lowest BCUT2D eigenvalue weighted by atomic mass is 9.66. The van der Waals surface area contributed by atoms with Crippen LogP contribution >= 0.6 is 0 Å². The maximum absolute atomic E-state index is 13.1. The lowest BCUT2D eigenvalue weighted by Crippen LogP contribution is -2.23. The van der Waals surface area contributed by atoms with Crippen molar-refractivity contribution in [2.75, 3.05) is 0 Å². The van der Waals surface area contributed by atoms with Crippen molar-refractivity contribution in [3.63, 3.8) is 0 Å². The summed E-state index contributed by atoms with van der Waals surface area (Å²) in [4.78, 5) is 25.1. The molecule has 9 rings (SSSR count). The molecule has 6 heteroatoms. The molecule has 0 aliphatic heterocycles. The van der Waals surface area contributed by atoms with Crippen molar-refractivity contribution in [2.24, 2.45) is 5.73 Å². The van der Waals surface area contributed by atoms with Gasteiger partial charge in [-0.15, -0.1) is 0 Å². The molecule has 0 fully saturated rings. The van der Waals surface area contributed by atoms with Gasteiger partial charge in [-0.1, -0.05) is 12.1 Å². The van der Waals surface area contributed by atoms with Gasteiger partial charge in [0.25, 0.3) is 0 Å². The van der Waals surface area contributed by atoms with E-state index in [1.807, 2.05) is 24.3 Å². The van der Waals surface area contributed by atoms with Crippen LogP contribution in [0.5, 0.6) is 11.5 Å². The number of carboxylic acid groups (broad SMARTS) is 1. The number of ketones is 1. The topological polar surface area (TPSA) is 121 Å². The van der Waals surface area contributed by atoms with Crippen LogP contribution in [0.15, 0.2) is 42.5 Å². The monoisotopic (exact) mass is 483 g/mol. The van der Waals surface area contributed by atoms with Gasteiger partial charge in [-0.2, -0.15) is 0 Å². The number of aromatic carboxylic acids is 1. The zero-order valence-electron chi connectivity index (χ0n) is 19.2. The summed E-state index contributed by atoms with van der Waals surface area (Å²) in [7, 11) is 0. The largest absolute Gasteiger partial charge is 0.507 e. The first kappa shape index (κ1) is 19.5. The Kier molecular flexibility index (Phi) is 3.07. The molecule has 0 saturated carbocycles. The van der Waals surface area contributed by atoms with Crippen LogP contribution in [0.1, 0.15) is 51.0 Å². The Morgan fingerprint density at radius 1 is 0.838 bits per heavy atom. The van der Waals surface area contributed by atoms with E-state index in [-0.39, 0.29) is 22.8 Å². The number of carbonyl (C=O) groups excluding carboxylic acids is 1. The number of carbonyl (C=O) groups is 2. The standard InChI is InChI=1S/C31H17NO5/c32-18-9-12-7-16-19(33)4-3-14-23(16)27-22(12)28-25(18)30(35)17-8-13(31(36)37)6-11-5-10-1-2-15(29(14)34)24(27)21(10)26(28)20(11)17/h1-6,8-9,16,18,34-35H,7,32H2,(H,36,37). The summed E-state index contributed by atoms with van der Waals surface area (Å²) in [6.45, 7) is 0. The molecule has 0 saturated heterocycles. The van der Waals surface area contributed by atoms with Crippen molar-refractivity contribution >= 4 is 77.3 Å². The summed E-state index contributed by atoms with van der Waals surface area (Å²) >= 11 is 0. The number of phenolic OH excluding ortho intramolecular Hbond substituents is 2. The highest BCUT2D eigenvalue weighted by molar-refractivity contribution is 6.42. The summed E-state index contributed by atoms with van der Waals surface area (Å²) in [5.74, 6) is -1.31. The minimum Gasteiger partial charge on any atom is -0.507 e. The van der Waals surface area contributed by atoms with E-state index in [4.69, 9.17) is 5.73 Å². The van der Waals surface area contributed by atoms with Crippen molar-refractivity contribution < 1.29 is 24.9 Å². The van der Waals surface area contributed by atoms with Gasteiger partial charge < -0.3 is 21.1 Å². The molecule has 0 aromatic heterocycles. The number of rotatable bonds is 1. The Morgan fingerprint density at radius 2 is 1.65 bits per heavy atom. The molecule has 37 heavy (non-hydrogen) atoms. The second kappa shape index (κ2) is 5.82. The number of nitrogens with two attached hydrogens (primary N) is 1.